The summed E-state index contributed by atoms with van der Waals surface area (Å²) in [6.07, 6.45) is 0. The third-order valence-corrected chi connectivity index (χ3v) is 6.99. The topological polar surface area (TPSA) is 63.9 Å². The molecule has 6 nitrogen and oxygen atoms in total. The van der Waals surface area contributed by atoms with Crippen LogP contribution in [0, 0.1) is 11.6 Å². The van der Waals surface area contributed by atoms with Crippen molar-refractivity contribution in [2.45, 2.75) is 19.5 Å². The molecule has 31 heavy (non-hydrogen) atoms. The number of hydrogen-bond acceptors (Lipinski definition) is 5. The quantitative estimate of drug-likeness (QED) is 0.388. The van der Waals surface area contributed by atoms with Gasteiger partial charge in [0.05, 0.1) is 26.3 Å². The van der Waals surface area contributed by atoms with E-state index in [9.17, 15) is 13.6 Å². The summed E-state index contributed by atoms with van der Waals surface area (Å²) in [6, 6.07) is 6.61. The molecule has 4 aromatic rings. The molecule has 1 atom stereocenters. The van der Waals surface area contributed by atoms with Gasteiger partial charge in [-0.05, 0) is 31.2 Å². The molecule has 0 spiro atoms. The summed E-state index contributed by atoms with van der Waals surface area (Å²) in [7, 11) is 0. The van der Waals surface area contributed by atoms with Gasteiger partial charge in [0.15, 0.2) is 28.3 Å². The van der Waals surface area contributed by atoms with Crippen LogP contribution in [0.5, 0.6) is 0 Å². The summed E-state index contributed by atoms with van der Waals surface area (Å²) in [5.41, 5.74) is 0.793. The molecular weight excluding hydrogens is 467 g/mol. The minimum atomic E-state index is -0.947. The molecule has 1 aliphatic heterocycles. The average Bonchev–Trinajstić information content (AvgIpc) is 3.34. The van der Waals surface area contributed by atoms with Crippen molar-refractivity contribution in [3.8, 4) is 10.8 Å². The number of rotatable bonds is 2. The van der Waals surface area contributed by atoms with Crippen LogP contribution in [-0.2, 0) is 6.54 Å². The van der Waals surface area contributed by atoms with Gasteiger partial charge in [-0.2, -0.15) is 0 Å². The number of hydrogen-bond donors (Lipinski definition) is 0. The fourth-order valence-corrected chi connectivity index (χ4v) is 4.90. The van der Waals surface area contributed by atoms with Gasteiger partial charge in [-0.3, -0.25) is 4.79 Å². The Hall–Kier alpha value is -2.62. The summed E-state index contributed by atoms with van der Waals surface area (Å²) in [5.74, 6) is -0.946. The lowest BCUT2D eigenvalue weighted by Crippen LogP contribution is -2.41. The Morgan fingerprint density at radius 1 is 1.10 bits per heavy atom. The van der Waals surface area contributed by atoms with Crippen LogP contribution < -0.4 is 0 Å². The van der Waals surface area contributed by atoms with Gasteiger partial charge in [-0.15, -0.1) is 21.5 Å². The van der Waals surface area contributed by atoms with Gasteiger partial charge in [0.25, 0.3) is 5.91 Å². The van der Waals surface area contributed by atoms with Crippen molar-refractivity contribution in [3.63, 3.8) is 0 Å². The number of fused-ring (bicyclic) bond motifs is 2. The summed E-state index contributed by atoms with van der Waals surface area (Å²) in [6.45, 7) is 2.74. The minimum Gasteiger partial charge on any atom is -0.327 e. The van der Waals surface area contributed by atoms with Crippen LogP contribution in [-0.4, -0.2) is 37.1 Å². The first-order valence-electron chi connectivity index (χ1n) is 9.28. The summed E-state index contributed by atoms with van der Waals surface area (Å²) < 4.78 is 29.5. The molecule has 3 heterocycles. The highest BCUT2D eigenvalue weighted by atomic mass is 35.5. The van der Waals surface area contributed by atoms with Gasteiger partial charge in [0, 0.05) is 24.7 Å². The second-order valence-electron chi connectivity index (χ2n) is 7.09. The van der Waals surface area contributed by atoms with Gasteiger partial charge in [-0.1, -0.05) is 23.2 Å². The largest absolute Gasteiger partial charge is 0.327 e. The lowest BCUT2D eigenvalue weighted by Gasteiger charge is -2.33. The Kier molecular flexibility index (Phi) is 4.91. The monoisotopic (exact) mass is 479 g/mol. The number of thiazole rings is 1. The van der Waals surface area contributed by atoms with Crippen molar-refractivity contribution in [2.75, 3.05) is 6.54 Å². The third-order valence-electron chi connectivity index (χ3n) is 5.23. The molecule has 0 bridgehead atoms. The van der Waals surface area contributed by atoms with Crippen molar-refractivity contribution in [1.29, 1.82) is 0 Å². The Bertz CT molecular complexity index is 1320. The Morgan fingerprint density at radius 2 is 1.87 bits per heavy atom. The molecule has 1 amide bonds. The smallest absolute Gasteiger partial charge is 0.254 e. The summed E-state index contributed by atoms with van der Waals surface area (Å²) >= 11 is 13.2. The van der Waals surface area contributed by atoms with E-state index in [0.717, 1.165) is 12.1 Å². The summed E-state index contributed by atoms with van der Waals surface area (Å²) in [4.78, 5) is 19.1. The van der Waals surface area contributed by atoms with Crippen molar-refractivity contribution in [3.05, 3.63) is 63.4 Å². The first kappa shape index (κ1) is 20.3. The number of amides is 1. The molecule has 158 valence electrons. The lowest BCUT2D eigenvalue weighted by molar-refractivity contribution is 0.0638. The minimum absolute atomic E-state index is 0.187. The normalized spacial score (nSPS) is 16.0. The Labute approximate surface area is 189 Å². The fraction of sp³-hybridized carbons (Fsp3) is 0.200. The van der Waals surface area contributed by atoms with E-state index < -0.39 is 11.6 Å². The molecule has 0 fully saturated rings. The zero-order valence-corrected chi connectivity index (χ0v) is 18.3. The van der Waals surface area contributed by atoms with E-state index in [4.69, 9.17) is 23.2 Å². The van der Waals surface area contributed by atoms with Crippen LogP contribution in [0.4, 0.5) is 8.78 Å². The predicted molar refractivity (Wildman–Crippen MR) is 114 cm³/mol. The van der Waals surface area contributed by atoms with Crippen LogP contribution in [0.15, 0.2) is 30.3 Å². The molecule has 0 unspecified atom stereocenters. The number of nitrogens with zero attached hydrogens (tertiary/aromatic N) is 5. The molecule has 1 aliphatic rings. The van der Waals surface area contributed by atoms with E-state index >= 15 is 0 Å². The third kappa shape index (κ3) is 3.37. The highest BCUT2D eigenvalue weighted by Gasteiger charge is 2.33. The molecule has 0 N–H and O–H groups in total. The first-order valence-corrected chi connectivity index (χ1v) is 10.9. The number of halogens is 4. The molecule has 0 saturated carbocycles. The number of aromatic nitrogens is 4. The predicted octanol–water partition coefficient (Wildman–Crippen LogP) is 5.36. The maximum atomic E-state index is 13.5. The molecule has 0 radical (unpaired) electrons. The van der Waals surface area contributed by atoms with Crippen molar-refractivity contribution >= 4 is 50.7 Å². The van der Waals surface area contributed by atoms with Gasteiger partial charge < -0.3 is 9.47 Å². The van der Waals surface area contributed by atoms with E-state index in [1.54, 1.807) is 23.1 Å². The Morgan fingerprint density at radius 3 is 2.65 bits per heavy atom. The van der Waals surface area contributed by atoms with Gasteiger partial charge in [-0.25, -0.2) is 13.8 Å². The van der Waals surface area contributed by atoms with Gasteiger partial charge in [0.2, 0.25) is 0 Å². The molecule has 0 saturated heterocycles. The fourth-order valence-electron chi connectivity index (χ4n) is 3.64. The van der Waals surface area contributed by atoms with E-state index in [1.165, 1.54) is 11.3 Å². The number of carbonyl (C=O) groups is 1. The molecule has 5 rings (SSSR count). The molecule has 2 aromatic carbocycles. The van der Waals surface area contributed by atoms with Crippen molar-refractivity contribution in [2.24, 2.45) is 0 Å². The number of benzene rings is 2. The Balaban J connectivity index is 1.47. The van der Waals surface area contributed by atoms with E-state index in [-0.39, 0.29) is 11.9 Å². The molecule has 2 aromatic heterocycles. The van der Waals surface area contributed by atoms with Gasteiger partial charge >= 0.3 is 0 Å². The highest BCUT2D eigenvalue weighted by molar-refractivity contribution is 7.21. The zero-order valence-electron chi connectivity index (χ0n) is 15.9. The summed E-state index contributed by atoms with van der Waals surface area (Å²) in [5, 5.41) is 9.72. The van der Waals surface area contributed by atoms with Crippen LogP contribution >= 0.6 is 34.5 Å². The highest BCUT2D eigenvalue weighted by Crippen LogP contribution is 2.34. The molecular formula is C20H13Cl2F2N5OS. The maximum absolute atomic E-state index is 13.5. The second kappa shape index (κ2) is 7.51. The van der Waals surface area contributed by atoms with Crippen LogP contribution in [0.25, 0.3) is 21.0 Å². The van der Waals surface area contributed by atoms with Crippen LogP contribution in [0.3, 0.4) is 0 Å². The SMILES string of the molecule is C[C@@H]1c2nnc(-c3nc4cc(F)c(F)cc4s3)n2CCN1C(=O)c1ccc(Cl)c(Cl)c1. The standard InChI is InChI=1S/C20H13Cl2F2N5OS/c1-9-17-26-27-18(19-25-15-7-13(23)14(24)8-16(15)31-19)29(17)5-4-28(9)20(30)10-2-3-11(21)12(22)6-10/h2-3,6-9H,4-5H2,1H3/t9-/m1/s1. The van der Waals surface area contributed by atoms with E-state index in [0.29, 0.717) is 55.6 Å². The van der Waals surface area contributed by atoms with E-state index in [2.05, 4.69) is 15.2 Å². The molecule has 11 heteroatoms. The first-order chi connectivity index (χ1) is 14.8. The van der Waals surface area contributed by atoms with Crippen molar-refractivity contribution < 1.29 is 13.6 Å². The second-order valence-corrected chi connectivity index (χ2v) is 8.93. The average molecular weight is 480 g/mol. The van der Waals surface area contributed by atoms with Crippen molar-refractivity contribution in [1.82, 2.24) is 24.6 Å². The van der Waals surface area contributed by atoms with E-state index in [1.807, 2.05) is 11.5 Å². The molecule has 0 aliphatic carbocycles. The lowest BCUT2D eigenvalue weighted by atomic mass is 10.1. The maximum Gasteiger partial charge on any atom is 0.254 e. The van der Waals surface area contributed by atoms with Crippen LogP contribution in [0.2, 0.25) is 10.0 Å². The zero-order chi connectivity index (χ0) is 21.9. The van der Waals surface area contributed by atoms with Gasteiger partial charge in [0.1, 0.15) is 0 Å². The number of carbonyl (C=O) groups excluding carboxylic acids is 1. The van der Waals surface area contributed by atoms with Crippen LogP contribution in [0.1, 0.15) is 29.1 Å².